The van der Waals surface area contributed by atoms with Gasteiger partial charge in [0, 0.05) is 22.6 Å². The van der Waals surface area contributed by atoms with E-state index in [1.54, 1.807) is 18.2 Å². The molecule has 0 aliphatic heterocycles. The number of Topliss-reactive ketones (excluding diaryl/α,β-unsaturated/α-hetero) is 1. The molecule has 2 aromatic carbocycles. The van der Waals surface area contributed by atoms with Crippen molar-refractivity contribution >= 4 is 16.6 Å². The van der Waals surface area contributed by atoms with Gasteiger partial charge in [0.15, 0.2) is 5.78 Å². The molecule has 4 heteroatoms. The second-order valence-corrected chi connectivity index (χ2v) is 5.64. The van der Waals surface area contributed by atoms with Crippen molar-refractivity contribution in [3.8, 4) is 16.9 Å². The van der Waals surface area contributed by atoms with Crippen LogP contribution in [0.2, 0.25) is 0 Å². The van der Waals surface area contributed by atoms with Crippen molar-refractivity contribution in [2.45, 2.75) is 0 Å². The van der Waals surface area contributed by atoms with E-state index in [9.17, 15) is 14.1 Å². The van der Waals surface area contributed by atoms with E-state index in [-0.39, 0.29) is 22.8 Å². The molecule has 2 aromatic rings. The lowest BCUT2D eigenvalue weighted by atomic mass is 10.00. The van der Waals surface area contributed by atoms with Crippen LogP contribution in [0.15, 0.2) is 48.5 Å². The van der Waals surface area contributed by atoms with Crippen molar-refractivity contribution in [2.75, 3.05) is 12.0 Å². The predicted octanol–water partition coefficient (Wildman–Crippen LogP) is 2.62. The summed E-state index contributed by atoms with van der Waals surface area (Å²) in [6, 6.07) is 14.4. The number of carbonyl (C=O) groups is 1. The van der Waals surface area contributed by atoms with Crippen molar-refractivity contribution in [3.63, 3.8) is 0 Å². The number of phenolic OH excluding ortho intramolecular Hbond substituents is 1. The molecule has 0 saturated carbocycles. The van der Waals surface area contributed by atoms with Crippen LogP contribution in [0.4, 0.5) is 0 Å². The Morgan fingerprint density at radius 3 is 2.42 bits per heavy atom. The lowest BCUT2D eigenvalue weighted by molar-refractivity contribution is 0.101. The van der Waals surface area contributed by atoms with E-state index in [2.05, 4.69) is 0 Å². The summed E-state index contributed by atoms with van der Waals surface area (Å²) in [5.74, 6) is -0.438. The Kier molecular flexibility index (Phi) is 4.12. The van der Waals surface area contributed by atoms with Gasteiger partial charge in [-0.15, -0.1) is 0 Å². The van der Waals surface area contributed by atoms with Gasteiger partial charge in [0.2, 0.25) is 0 Å². The SMILES string of the molecule is CS(=O)CC(=O)c1cccc(-c2ccccc2)c1O. The zero-order valence-electron chi connectivity index (χ0n) is 10.5. The quantitative estimate of drug-likeness (QED) is 0.872. The molecule has 1 N–H and O–H groups in total. The topological polar surface area (TPSA) is 54.4 Å². The average molecular weight is 274 g/mol. The number of ketones is 1. The maximum absolute atomic E-state index is 11.9. The summed E-state index contributed by atoms with van der Waals surface area (Å²) in [5, 5.41) is 10.2. The highest BCUT2D eigenvalue weighted by Gasteiger charge is 2.15. The molecule has 0 amide bonds. The highest BCUT2D eigenvalue weighted by atomic mass is 32.2. The first-order valence-corrected chi connectivity index (χ1v) is 7.53. The van der Waals surface area contributed by atoms with Crippen LogP contribution in [0, 0.1) is 0 Å². The van der Waals surface area contributed by atoms with E-state index in [0.29, 0.717) is 5.56 Å². The van der Waals surface area contributed by atoms with Gasteiger partial charge in [-0.1, -0.05) is 42.5 Å². The summed E-state index contributed by atoms with van der Waals surface area (Å²) in [6.45, 7) is 0. The van der Waals surface area contributed by atoms with Gasteiger partial charge in [0.1, 0.15) is 5.75 Å². The molecule has 19 heavy (non-hydrogen) atoms. The van der Waals surface area contributed by atoms with Crippen LogP contribution in [-0.2, 0) is 10.8 Å². The van der Waals surface area contributed by atoms with Gasteiger partial charge in [0.05, 0.1) is 11.3 Å². The summed E-state index contributed by atoms with van der Waals surface area (Å²) in [6.07, 6.45) is 1.47. The summed E-state index contributed by atoms with van der Waals surface area (Å²) in [7, 11) is -1.22. The largest absolute Gasteiger partial charge is 0.507 e. The van der Waals surface area contributed by atoms with Crippen LogP contribution in [0.25, 0.3) is 11.1 Å². The van der Waals surface area contributed by atoms with Crippen LogP contribution < -0.4 is 0 Å². The molecule has 98 valence electrons. The average Bonchev–Trinajstić information content (AvgIpc) is 2.39. The molecule has 1 unspecified atom stereocenters. The Balaban J connectivity index is 2.44. The van der Waals surface area contributed by atoms with E-state index in [4.69, 9.17) is 0 Å². The second kappa shape index (κ2) is 5.80. The zero-order chi connectivity index (χ0) is 13.8. The van der Waals surface area contributed by atoms with Crippen LogP contribution in [0.1, 0.15) is 10.4 Å². The minimum Gasteiger partial charge on any atom is -0.507 e. The minimum absolute atomic E-state index is 0.0517. The number of hydrogen-bond acceptors (Lipinski definition) is 3. The third kappa shape index (κ3) is 3.09. The lowest BCUT2D eigenvalue weighted by Gasteiger charge is -2.08. The lowest BCUT2D eigenvalue weighted by Crippen LogP contribution is -2.10. The van der Waals surface area contributed by atoms with Crippen molar-refractivity contribution < 1.29 is 14.1 Å². The normalized spacial score (nSPS) is 12.1. The Morgan fingerprint density at radius 1 is 1.11 bits per heavy atom. The van der Waals surface area contributed by atoms with E-state index in [1.165, 1.54) is 6.26 Å². The van der Waals surface area contributed by atoms with Gasteiger partial charge < -0.3 is 5.11 Å². The summed E-state index contributed by atoms with van der Waals surface area (Å²) in [5.41, 5.74) is 1.66. The molecule has 3 nitrogen and oxygen atoms in total. The van der Waals surface area contributed by atoms with Gasteiger partial charge in [0.25, 0.3) is 0 Å². The molecule has 0 aromatic heterocycles. The Morgan fingerprint density at radius 2 is 1.79 bits per heavy atom. The van der Waals surface area contributed by atoms with Gasteiger partial charge in [-0.05, 0) is 11.6 Å². The van der Waals surface area contributed by atoms with Crippen LogP contribution in [-0.4, -0.2) is 27.1 Å². The molecule has 0 bridgehead atoms. The molecule has 0 aliphatic rings. The molecular weight excluding hydrogens is 260 g/mol. The third-order valence-corrected chi connectivity index (χ3v) is 3.42. The van der Waals surface area contributed by atoms with Crippen molar-refractivity contribution in [1.29, 1.82) is 0 Å². The number of hydrogen-bond donors (Lipinski definition) is 1. The molecule has 1 atom stereocenters. The molecule has 0 spiro atoms. The van der Waals surface area contributed by atoms with Gasteiger partial charge in [-0.2, -0.15) is 0 Å². The van der Waals surface area contributed by atoms with Crippen LogP contribution in [0.5, 0.6) is 5.75 Å². The fraction of sp³-hybridized carbons (Fsp3) is 0.133. The van der Waals surface area contributed by atoms with Crippen molar-refractivity contribution in [3.05, 3.63) is 54.1 Å². The molecule has 0 fully saturated rings. The van der Waals surface area contributed by atoms with Crippen LogP contribution in [0.3, 0.4) is 0 Å². The number of para-hydroxylation sites is 1. The maximum Gasteiger partial charge on any atom is 0.179 e. The molecule has 0 saturated heterocycles. The first-order chi connectivity index (χ1) is 9.09. The summed E-state index contributed by atoms with van der Waals surface area (Å²) < 4.78 is 11.1. The number of rotatable bonds is 4. The highest BCUT2D eigenvalue weighted by molar-refractivity contribution is 7.85. The first-order valence-electron chi connectivity index (χ1n) is 5.80. The number of phenols is 1. The second-order valence-electron chi connectivity index (χ2n) is 4.21. The van der Waals surface area contributed by atoms with Crippen molar-refractivity contribution in [2.24, 2.45) is 0 Å². The Hall–Kier alpha value is -1.94. The van der Waals surface area contributed by atoms with E-state index in [0.717, 1.165) is 5.56 Å². The first kappa shape index (κ1) is 13.5. The van der Waals surface area contributed by atoms with Crippen molar-refractivity contribution in [1.82, 2.24) is 0 Å². The number of benzene rings is 2. The summed E-state index contributed by atoms with van der Waals surface area (Å²) in [4.78, 5) is 11.9. The smallest absolute Gasteiger partial charge is 0.179 e. The molecular formula is C15H14O3S. The fourth-order valence-corrected chi connectivity index (χ4v) is 2.41. The van der Waals surface area contributed by atoms with Gasteiger partial charge in [-0.25, -0.2) is 0 Å². The predicted molar refractivity (Wildman–Crippen MR) is 76.8 cm³/mol. The third-order valence-electron chi connectivity index (χ3n) is 2.76. The number of aromatic hydroxyl groups is 1. The minimum atomic E-state index is -1.22. The van der Waals surface area contributed by atoms with Gasteiger partial charge in [-0.3, -0.25) is 9.00 Å². The number of carbonyl (C=O) groups excluding carboxylic acids is 1. The fourth-order valence-electron chi connectivity index (χ4n) is 1.88. The summed E-state index contributed by atoms with van der Waals surface area (Å²) >= 11 is 0. The molecule has 2 rings (SSSR count). The highest BCUT2D eigenvalue weighted by Crippen LogP contribution is 2.32. The monoisotopic (exact) mass is 274 g/mol. The van der Waals surface area contributed by atoms with E-state index in [1.807, 2.05) is 30.3 Å². The van der Waals surface area contributed by atoms with E-state index >= 15 is 0 Å². The molecule has 0 heterocycles. The maximum atomic E-state index is 11.9. The van der Waals surface area contributed by atoms with Gasteiger partial charge >= 0.3 is 0 Å². The zero-order valence-corrected chi connectivity index (χ0v) is 11.3. The molecule has 0 aliphatic carbocycles. The standard InChI is InChI=1S/C15H14O3S/c1-19(18)10-14(16)13-9-5-8-12(15(13)17)11-6-3-2-4-7-11/h2-9,17H,10H2,1H3. The Labute approximate surface area is 114 Å². The van der Waals surface area contributed by atoms with E-state index < -0.39 is 10.8 Å². The molecule has 0 radical (unpaired) electrons. The Bertz CT molecular complexity index is 621. The van der Waals surface area contributed by atoms with Crippen LogP contribution >= 0.6 is 0 Å².